The van der Waals surface area contributed by atoms with E-state index in [1.165, 1.54) is 0 Å². The Kier molecular flexibility index (Phi) is 8.63. The number of carboxylic acid groups (broad SMARTS) is 2. The number of aromatic carboxylic acids is 1. The van der Waals surface area contributed by atoms with Gasteiger partial charge in [0.05, 0.1) is 5.75 Å². The molecule has 1 aromatic heterocycles. The van der Waals surface area contributed by atoms with Crippen LogP contribution >= 0.6 is 11.3 Å². The lowest BCUT2D eigenvalue weighted by atomic mass is 10.0. The van der Waals surface area contributed by atoms with Crippen LogP contribution in [-0.2, 0) is 20.6 Å². The van der Waals surface area contributed by atoms with Crippen LogP contribution in [0.1, 0.15) is 44.8 Å². The van der Waals surface area contributed by atoms with Gasteiger partial charge in [-0.15, -0.1) is 11.3 Å². The lowest BCUT2D eigenvalue weighted by Crippen LogP contribution is -2.42. The monoisotopic (exact) mass is 572 g/mol. The van der Waals surface area contributed by atoms with Crippen LogP contribution in [0, 0.1) is 20.8 Å². The van der Waals surface area contributed by atoms with Gasteiger partial charge in [-0.05, 0) is 68.0 Å². The number of nitrogens with zero attached hydrogens (tertiary/aromatic N) is 1. The highest BCUT2D eigenvalue weighted by Crippen LogP contribution is 2.42. The number of hydrogen-bond acceptors (Lipinski definition) is 7. The quantitative estimate of drug-likeness (QED) is 0.312. The lowest BCUT2D eigenvalue weighted by Gasteiger charge is -2.32. The maximum atomic E-state index is 13.1. The van der Waals surface area contributed by atoms with Crippen LogP contribution in [0.3, 0.4) is 0 Å². The molecule has 0 atom stereocenters. The molecule has 39 heavy (non-hydrogen) atoms. The van der Waals surface area contributed by atoms with Gasteiger partial charge in [-0.2, -0.15) is 0 Å². The first-order chi connectivity index (χ1) is 18.5. The number of sulfonamides is 1. The van der Waals surface area contributed by atoms with Gasteiger partial charge in [0.25, 0.3) is 0 Å². The third kappa shape index (κ3) is 6.60. The molecule has 2 heterocycles. The van der Waals surface area contributed by atoms with E-state index >= 15 is 0 Å². The summed E-state index contributed by atoms with van der Waals surface area (Å²) in [6, 6.07) is 13.4. The van der Waals surface area contributed by atoms with Gasteiger partial charge in [0.1, 0.15) is 5.75 Å². The molecule has 0 bridgehead atoms. The van der Waals surface area contributed by atoms with E-state index in [-0.39, 0.29) is 22.4 Å². The van der Waals surface area contributed by atoms with Crippen LogP contribution in [0.15, 0.2) is 42.5 Å². The number of anilines is 1. The molecule has 3 aromatic rings. The van der Waals surface area contributed by atoms with Crippen molar-refractivity contribution in [1.29, 1.82) is 0 Å². The Balaban J connectivity index is 1.44. The highest BCUT2D eigenvalue weighted by molar-refractivity contribution is 7.88. The van der Waals surface area contributed by atoms with Crippen LogP contribution in [-0.4, -0.2) is 60.6 Å². The summed E-state index contributed by atoms with van der Waals surface area (Å²) in [5.41, 5.74) is 5.00. The Bertz CT molecular complexity index is 1470. The molecule has 0 unspecified atom stereocenters. The largest absolute Gasteiger partial charge is 0.480 e. The van der Waals surface area contributed by atoms with Gasteiger partial charge in [-0.1, -0.05) is 30.3 Å². The zero-order chi connectivity index (χ0) is 28.3. The Morgan fingerprint density at radius 3 is 2.31 bits per heavy atom. The zero-order valence-corrected chi connectivity index (χ0v) is 23.7. The van der Waals surface area contributed by atoms with Crippen LogP contribution in [0.4, 0.5) is 5.69 Å². The maximum Gasteiger partial charge on any atom is 0.349 e. The minimum atomic E-state index is -3.43. The minimum Gasteiger partial charge on any atom is -0.480 e. The molecule has 0 aliphatic carbocycles. The molecule has 0 saturated carbocycles. The fraction of sp³-hybridized carbons (Fsp3) is 0.357. The fourth-order valence-electron chi connectivity index (χ4n) is 4.84. The molecule has 1 saturated heterocycles. The molecule has 0 spiro atoms. The molecular formula is C28H32N2O7S2. The van der Waals surface area contributed by atoms with Crippen LogP contribution in [0.5, 0.6) is 5.75 Å². The topological polar surface area (TPSA) is 133 Å². The van der Waals surface area contributed by atoms with Gasteiger partial charge >= 0.3 is 11.9 Å². The summed E-state index contributed by atoms with van der Waals surface area (Å²) in [6.07, 6.45) is 1.31. The highest BCUT2D eigenvalue weighted by Gasteiger charge is 2.29. The van der Waals surface area contributed by atoms with Crippen LogP contribution in [0.2, 0.25) is 0 Å². The second-order valence-corrected chi connectivity index (χ2v) is 12.7. The number of carboxylic acids is 2. The van der Waals surface area contributed by atoms with Crippen molar-refractivity contribution in [3.8, 4) is 16.2 Å². The fourth-order valence-corrected chi connectivity index (χ4v) is 7.69. The predicted octanol–water partition coefficient (Wildman–Crippen LogP) is 4.91. The molecule has 11 heteroatoms. The summed E-state index contributed by atoms with van der Waals surface area (Å²) >= 11 is 1.04. The summed E-state index contributed by atoms with van der Waals surface area (Å²) in [5.74, 6) is -2.29. The molecule has 0 radical (unpaired) electrons. The Morgan fingerprint density at radius 1 is 1.05 bits per heavy atom. The minimum absolute atomic E-state index is 0.00229. The van der Waals surface area contributed by atoms with E-state index < -0.39 is 28.6 Å². The van der Waals surface area contributed by atoms with Crippen molar-refractivity contribution in [2.45, 2.75) is 45.4 Å². The smallest absolute Gasteiger partial charge is 0.349 e. The number of hydrogen-bond donors (Lipinski definition) is 3. The van der Waals surface area contributed by atoms with E-state index in [0.717, 1.165) is 39.3 Å². The summed E-state index contributed by atoms with van der Waals surface area (Å²) < 4.78 is 33.2. The van der Waals surface area contributed by atoms with Gasteiger partial charge in [-0.3, -0.25) is 0 Å². The molecule has 0 amide bonds. The average Bonchev–Trinajstić information content (AvgIpc) is 3.22. The molecule has 1 aliphatic heterocycles. The Morgan fingerprint density at radius 2 is 1.69 bits per heavy atom. The van der Waals surface area contributed by atoms with E-state index in [9.17, 15) is 23.1 Å². The van der Waals surface area contributed by atoms with Gasteiger partial charge in [0, 0.05) is 35.3 Å². The summed E-state index contributed by atoms with van der Waals surface area (Å²) in [6.45, 7) is 5.82. The third-order valence-corrected chi connectivity index (χ3v) is 10.1. The first-order valence-corrected chi connectivity index (χ1v) is 15.0. The molecule has 1 aliphatic rings. The van der Waals surface area contributed by atoms with Gasteiger partial charge in [0.2, 0.25) is 10.0 Å². The van der Waals surface area contributed by atoms with Gasteiger partial charge in [-0.25, -0.2) is 22.3 Å². The number of nitrogens with one attached hydrogen (secondary N) is 1. The molecular weight excluding hydrogens is 540 g/mol. The molecule has 208 valence electrons. The predicted molar refractivity (Wildman–Crippen MR) is 151 cm³/mol. The number of piperidine rings is 1. The number of thiophene rings is 1. The zero-order valence-electron chi connectivity index (χ0n) is 22.1. The number of aryl methyl sites for hydroxylation is 2. The first kappa shape index (κ1) is 28.6. The number of aliphatic carboxylic acids is 1. The third-order valence-electron chi connectivity index (χ3n) is 6.94. The van der Waals surface area contributed by atoms with Gasteiger partial charge in [0.15, 0.2) is 11.5 Å². The van der Waals surface area contributed by atoms with Crippen LogP contribution < -0.4 is 10.1 Å². The van der Waals surface area contributed by atoms with Crippen molar-refractivity contribution < 1.29 is 33.0 Å². The average molecular weight is 573 g/mol. The molecule has 3 N–H and O–H groups in total. The van der Waals surface area contributed by atoms with E-state index in [1.54, 1.807) is 11.2 Å². The normalized spacial score (nSPS) is 14.7. The van der Waals surface area contributed by atoms with E-state index in [0.29, 0.717) is 36.4 Å². The van der Waals surface area contributed by atoms with Crippen molar-refractivity contribution in [3.05, 3.63) is 69.6 Å². The first-order valence-electron chi connectivity index (χ1n) is 12.6. The van der Waals surface area contributed by atoms with E-state index in [4.69, 9.17) is 9.84 Å². The van der Waals surface area contributed by atoms with E-state index in [2.05, 4.69) is 5.32 Å². The van der Waals surface area contributed by atoms with Crippen molar-refractivity contribution in [3.63, 3.8) is 0 Å². The number of rotatable bonds is 10. The maximum absolute atomic E-state index is 13.1. The number of ether oxygens (including phenoxy) is 1. The lowest BCUT2D eigenvalue weighted by molar-refractivity contribution is -0.139. The summed E-state index contributed by atoms with van der Waals surface area (Å²) in [5, 5.41) is 22.0. The van der Waals surface area contributed by atoms with E-state index in [1.807, 2.05) is 56.3 Å². The number of benzene rings is 2. The molecule has 4 rings (SSSR count). The van der Waals surface area contributed by atoms with Crippen molar-refractivity contribution in [2.75, 3.05) is 25.0 Å². The molecule has 2 aromatic carbocycles. The number of carbonyl (C=O) groups is 2. The second-order valence-electron chi connectivity index (χ2n) is 9.73. The Labute approximate surface area is 232 Å². The molecule has 9 nitrogen and oxygen atoms in total. The second kappa shape index (κ2) is 11.8. The van der Waals surface area contributed by atoms with Gasteiger partial charge < -0.3 is 20.3 Å². The summed E-state index contributed by atoms with van der Waals surface area (Å²) in [4.78, 5) is 23.3. The Hall–Kier alpha value is -3.41. The SMILES string of the molecule is Cc1cccc(C)c1CS(=O)(=O)N1CCC(Nc2cccc(-c3sc(C(=O)O)c(OCC(=O)O)c3C)c2)CC1. The van der Waals surface area contributed by atoms with Crippen molar-refractivity contribution in [1.82, 2.24) is 4.31 Å². The van der Waals surface area contributed by atoms with Crippen molar-refractivity contribution in [2.24, 2.45) is 0 Å². The van der Waals surface area contributed by atoms with Crippen molar-refractivity contribution >= 4 is 39.0 Å². The standard InChI is InChI=1S/C28H32N2O7S2/c1-17-6-4-7-18(2)23(17)16-39(35,36)30-12-10-21(11-13-30)29-22-9-5-8-20(14-22)26-19(3)25(37-15-24(31)32)27(38-26)28(33)34/h4-9,14,21,29H,10-13,15-16H2,1-3H3,(H,31,32)(H,33,34). The molecule has 1 fully saturated rings. The summed E-state index contributed by atoms with van der Waals surface area (Å²) in [7, 11) is -3.43. The highest BCUT2D eigenvalue weighted by atomic mass is 32.2. The van der Waals surface area contributed by atoms with Crippen LogP contribution in [0.25, 0.3) is 10.4 Å².